The van der Waals surface area contributed by atoms with Crippen molar-refractivity contribution in [3.8, 4) is 5.75 Å². The van der Waals surface area contributed by atoms with Gasteiger partial charge in [0.15, 0.2) is 0 Å². The maximum Gasteiger partial charge on any atom is 0.407 e. The van der Waals surface area contributed by atoms with Gasteiger partial charge < -0.3 is 30.9 Å². The molecule has 144 valence electrons. The first kappa shape index (κ1) is 18.9. The van der Waals surface area contributed by atoms with Crippen LogP contribution in [0.25, 0.3) is 0 Å². The van der Waals surface area contributed by atoms with E-state index < -0.39 is 18.3 Å². The van der Waals surface area contributed by atoms with E-state index in [0.717, 1.165) is 11.3 Å². The van der Waals surface area contributed by atoms with E-state index in [9.17, 15) is 9.90 Å². The lowest BCUT2D eigenvalue weighted by molar-refractivity contribution is 0.0188. The monoisotopic (exact) mass is 373 g/mol. The van der Waals surface area contributed by atoms with Gasteiger partial charge in [0.05, 0.1) is 13.2 Å². The number of aliphatic hydroxyl groups is 1. The number of carbonyl (C=O) groups excluding carboxylic acids is 1. The molecule has 1 aliphatic rings. The molecule has 1 saturated heterocycles. The Morgan fingerprint density at radius 1 is 1.30 bits per heavy atom. The van der Waals surface area contributed by atoms with Crippen molar-refractivity contribution in [3.63, 3.8) is 0 Å². The van der Waals surface area contributed by atoms with Crippen LogP contribution in [0.1, 0.15) is 11.1 Å². The molecule has 3 rings (SSSR count). The van der Waals surface area contributed by atoms with Crippen molar-refractivity contribution in [1.29, 1.82) is 0 Å². The van der Waals surface area contributed by atoms with Gasteiger partial charge in [0.25, 0.3) is 0 Å². The van der Waals surface area contributed by atoms with Gasteiger partial charge in [-0.05, 0) is 24.1 Å². The van der Waals surface area contributed by atoms with E-state index in [1.165, 1.54) is 12.4 Å². The van der Waals surface area contributed by atoms with Crippen LogP contribution in [0.2, 0.25) is 0 Å². The number of ether oxygens (including phenoxy) is 2. The molecular formula is C18H23N5O4. The van der Waals surface area contributed by atoms with Gasteiger partial charge in [0.2, 0.25) is 5.95 Å². The Morgan fingerprint density at radius 2 is 2.00 bits per heavy atom. The maximum absolute atomic E-state index is 12.1. The van der Waals surface area contributed by atoms with E-state index >= 15 is 0 Å². The quantitative estimate of drug-likeness (QED) is 0.566. The number of hydrogen-bond donors (Lipinski definition) is 4. The zero-order chi connectivity index (χ0) is 19.2. The summed E-state index contributed by atoms with van der Waals surface area (Å²) in [6.07, 6.45) is 1.65. The zero-order valence-electron chi connectivity index (χ0n) is 15.0. The number of carbonyl (C=O) groups is 1. The average molecular weight is 373 g/mol. The number of anilines is 1. The predicted octanol–water partition coefficient (Wildman–Crippen LogP) is 0.238. The maximum atomic E-state index is 12.1. The highest BCUT2D eigenvalue weighted by molar-refractivity contribution is 5.67. The second-order valence-corrected chi connectivity index (χ2v) is 6.31. The molecule has 1 aromatic heterocycles. The van der Waals surface area contributed by atoms with E-state index in [-0.39, 0.29) is 18.5 Å². The normalized spacial score (nSPS) is 21.6. The first-order chi connectivity index (χ1) is 13.0. The molecule has 9 heteroatoms. The molecule has 27 heavy (non-hydrogen) atoms. The lowest BCUT2D eigenvalue weighted by Gasteiger charge is -2.22. The number of nitrogens with one attached hydrogen (secondary N) is 2. The van der Waals surface area contributed by atoms with Crippen LogP contribution in [0.4, 0.5) is 10.7 Å². The smallest absolute Gasteiger partial charge is 0.407 e. The SMILES string of the molecule is COc1ccc(C[C@H]2NC[C@H](O)[C@H]2OC(=O)NCc2cnc(N)nc2)cc1. The Labute approximate surface area is 156 Å². The van der Waals surface area contributed by atoms with Gasteiger partial charge in [0.1, 0.15) is 18.0 Å². The summed E-state index contributed by atoms with van der Waals surface area (Å²) in [6, 6.07) is 7.46. The van der Waals surface area contributed by atoms with Crippen LogP contribution >= 0.6 is 0 Å². The number of aromatic nitrogens is 2. The molecule has 0 bridgehead atoms. The number of rotatable bonds is 6. The molecule has 1 aromatic carbocycles. The number of β-amino-alcohol motifs (C(OH)–C–C–N with tert-alkyl or cyclic N) is 1. The third-order valence-electron chi connectivity index (χ3n) is 4.38. The fourth-order valence-corrected chi connectivity index (χ4v) is 2.93. The standard InChI is InChI=1S/C18H23N5O4/c1-26-13-4-2-11(3-5-13)6-14-16(15(24)10-20-14)27-18(25)23-9-12-7-21-17(19)22-8-12/h2-5,7-8,14-16,20,24H,6,9-10H2,1H3,(H,23,25)(H2,19,21,22)/t14-,15+,16+/m1/s1. The molecule has 3 atom stereocenters. The van der Waals surface area contributed by atoms with E-state index in [1.54, 1.807) is 7.11 Å². The minimum atomic E-state index is -0.765. The molecule has 1 amide bonds. The number of benzene rings is 1. The third-order valence-corrected chi connectivity index (χ3v) is 4.38. The Morgan fingerprint density at radius 3 is 2.67 bits per heavy atom. The number of aliphatic hydroxyl groups excluding tert-OH is 1. The molecule has 1 fully saturated rings. The number of hydrogen-bond acceptors (Lipinski definition) is 8. The highest BCUT2D eigenvalue weighted by Gasteiger charge is 2.37. The largest absolute Gasteiger partial charge is 0.497 e. The summed E-state index contributed by atoms with van der Waals surface area (Å²) in [6.45, 7) is 0.572. The van der Waals surface area contributed by atoms with Crippen molar-refractivity contribution in [2.45, 2.75) is 31.2 Å². The van der Waals surface area contributed by atoms with Gasteiger partial charge in [-0.2, -0.15) is 0 Å². The molecule has 0 radical (unpaired) electrons. The van der Waals surface area contributed by atoms with Crippen molar-refractivity contribution in [2.75, 3.05) is 19.4 Å². The summed E-state index contributed by atoms with van der Waals surface area (Å²) >= 11 is 0. The Bertz CT molecular complexity index is 753. The second kappa shape index (κ2) is 8.65. The van der Waals surface area contributed by atoms with Gasteiger partial charge in [-0.15, -0.1) is 0 Å². The van der Waals surface area contributed by atoms with Crippen LogP contribution in [0.15, 0.2) is 36.7 Å². The van der Waals surface area contributed by atoms with Crippen LogP contribution in [-0.2, 0) is 17.7 Å². The second-order valence-electron chi connectivity index (χ2n) is 6.31. The van der Waals surface area contributed by atoms with E-state index in [0.29, 0.717) is 18.5 Å². The lowest BCUT2D eigenvalue weighted by atomic mass is 10.0. The molecular weight excluding hydrogens is 350 g/mol. The predicted molar refractivity (Wildman–Crippen MR) is 98.0 cm³/mol. The van der Waals surface area contributed by atoms with Crippen LogP contribution in [0, 0.1) is 0 Å². The topological polar surface area (TPSA) is 132 Å². The number of nitrogen functional groups attached to an aromatic ring is 1. The average Bonchev–Trinajstić information content (AvgIpc) is 3.01. The minimum Gasteiger partial charge on any atom is -0.497 e. The summed E-state index contributed by atoms with van der Waals surface area (Å²) in [5.74, 6) is 0.944. The van der Waals surface area contributed by atoms with E-state index in [2.05, 4.69) is 20.6 Å². The Kier molecular flexibility index (Phi) is 6.05. The highest BCUT2D eigenvalue weighted by Crippen LogP contribution is 2.19. The third kappa shape index (κ3) is 5.05. The number of nitrogens with two attached hydrogens (primary N) is 1. The molecule has 0 aliphatic carbocycles. The minimum absolute atomic E-state index is 0.169. The van der Waals surface area contributed by atoms with Gasteiger partial charge in [0, 0.05) is 31.0 Å². The number of amides is 1. The molecule has 0 unspecified atom stereocenters. The van der Waals surface area contributed by atoms with Crippen molar-refractivity contribution in [2.24, 2.45) is 0 Å². The first-order valence-corrected chi connectivity index (χ1v) is 8.60. The fraction of sp³-hybridized carbons (Fsp3) is 0.389. The summed E-state index contributed by atoms with van der Waals surface area (Å²) in [5.41, 5.74) is 7.17. The van der Waals surface area contributed by atoms with E-state index in [1.807, 2.05) is 24.3 Å². The fourth-order valence-electron chi connectivity index (χ4n) is 2.93. The zero-order valence-corrected chi connectivity index (χ0v) is 15.0. The van der Waals surface area contributed by atoms with Gasteiger partial charge in [-0.3, -0.25) is 0 Å². The van der Waals surface area contributed by atoms with Crippen LogP contribution in [0.5, 0.6) is 5.75 Å². The number of nitrogens with zero attached hydrogens (tertiary/aromatic N) is 2. The lowest BCUT2D eigenvalue weighted by Crippen LogP contribution is -2.41. The Balaban J connectivity index is 1.54. The first-order valence-electron chi connectivity index (χ1n) is 8.60. The van der Waals surface area contributed by atoms with Crippen molar-refractivity contribution in [3.05, 3.63) is 47.8 Å². The van der Waals surface area contributed by atoms with Crippen molar-refractivity contribution >= 4 is 12.0 Å². The van der Waals surface area contributed by atoms with E-state index in [4.69, 9.17) is 15.2 Å². The number of methoxy groups -OCH3 is 1. The molecule has 1 aliphatic heterocycles. The molecule has 2 heterocycles. The highest BCUT2D eigenvalue weighted by atomic mass is 16.6. The summed E-state index contributed by atoms with van der Waals surface area (Å²) in [5, 5.41) is 16.0. The summed E-state index contributed by atoms with van der Waals surface area (Å²) < 4.78 is 10.6. The van der Waals surface area contributed by atoms with Gasteiger partial charge in [-0.1, -0.05) is 12.1 Å². The van der Waals surface area contributed by atoms with Crippen molar-refractivity contribution < 1.29 is 19.4 Å². The number of alkyl carbamates (subject to hydrolysis) is 1. The van der Waals surface area contributed by atoms with Crippen LogP contribution < -0.4 is 21.1 Å². The van der Waals surface area contributed by atoms with Crippen LogP contribution in [-0.4, -0.2) is 53.1 Å². The molecule has 9 nitrogen and oxygen atoms in total. The van der Waals surface area contributed by atoms with Gasteiger partial charge in [-0.25, -0.2) is 14.8 Å². The summed E-state index contributed by atoms with van der Waals surface area (Å²) in [7, 11) is 1.61. The summed E-state index contributed by atoms with van der Waals surface area (Å²) in [4.78, 5) is 19.8. The molecule has 2 aromatic rings. The Hall–Kier alpha value is -2.91. The van der Waals surface area contributed by atoms with Crippen LogP contribution in [0.3, 0.4) is 0 Å². The molecule has 0 spiro atoms. The molecule has 0 saturated carbocycles. The molecule has 5 N–H and O–H groups in total. The van der Waals surface area contributed by atoms with Crippen molar-refractivity contribution in [1.82, 2.24) is 20.6 Å². The van der Waals surface area contributed by atoms with Gasteiger partial charge >= 0.3 is 6.09 Å².